The first kappa shape index (κ1) is 13.4. The Hall–Kier alpha value is 1.38. The largest absolute Gasteiger partial charge is 0.358 e. The van der Waals surface area contributed by atoms with Gasteiger partial charge in [-0.25, -0.2) is 0 Å². The minimum atomic E-state index is 0.311. The van der Waals surface area contributed by atoms with Crippen LogP contribution >= 0.6 is 45.2 Å². The zero-order valence-electron chi connectivity index (χ0n) is 9.09. The summed E-state index contributed by atoms with van der Waals surface area (Å²) in [6.45, 7) is 6.73. The summed E-state index contributed by atoms with van der Waals surface area (Å²) >= 11 is 4.60. The second-order valence-corrected chi connectivity index (χ2v) is 9.34. The fourth-order valence-electron chi connectivity index (χ4n) is 1.82. The summed E-state index contributed by atoms with van der Waals surface area (Å²) < 4.78 is 5.96. The molecule has 0 aromatic rings. The molecule has 0 aromatic heterocycles. The van der Waals surface area contributed by atoms with Crippen molar-refractivity contribution in [3.8, 4) is 0 Å². The molecule has 1 saturated heterocycles. The molecule has 1 heterocycles. The number of halogens is 2. The van der Waals surface area contributed by atoms with Crippen LogP contribution in [0.15, 0.2) is 0 Å². The molecule has 2 nitrogen and oxygen atoms in total. The Kier molecular flexibility index (Phi) is 5.41. The summed E-state index contributed by atoms with van der Waals surface area (Å²) in [5.41, 5.74) is 0.380. The maximum Gasteiger partial charge on any atom is 0.159 e. The highest BCUT2D eigenvalue weighted by Crippen LogP contribution is 2.29. The van der Waals surface area contributed by atoms with Crippen LogP contribution in [0.4, 0.5) is 0 Å². The number of nitrogens with zero attached hydrogens (tertiary/aromatic N) is 1. The first-order chi connectivity index (χ1) is 6.42. The van der Waals surface area contributed by atoms with E-state index in [2.05, 4.69) is 71.0 Å². The van der Waals surface area contributed by atoms with Crippen LogP contribution in [0.3, 0.4) is 0 Å². The average Bonchev–Trinajstić information content (AvgIpc) is 2.07. The van der Waals surface area contributed by atoms with Crippen molar-refractivity contribution in [3.05, 3.63) is 0 Å². The molecule has 0 amide bonds. The van der Waals surface area contributed by atoms with E-state index < -0.39 is 0 Å². The fourth-order valence-corrected chi connectivity index (χ4v) is 2.23. The summed E-state index contributed by atoms with van der Waals surface area (Å²) in [4.78, 5) is 2.46. The zero-order valence-corrected chi connectivity index (χ0v) is 13.4. The van der Waals surface area contributed by atoms with Gasteiger partial charge >= 0.3 is 0 Å². The molecule has 1 aliphatic rings. The highest BCUT2D eigenvalue weighted by molar-refractivity contribution is 14.2. The van der Waals surface area contributed by atoms with E-state index in [0.717, 1.165) is 12.5 Å². The summed E-state index contributed by atoms with van der Waals surface area (Å²) in [6, 6.07) is 0. The van der Waals surface area contributed by atoms with Gasteiger partial charge in [0, 0.05) is 12.1 Å². The quantitative estimate of drug-likeness (QED) is 0.511. The van der Waals surface area contributed by atoms with E-state index in [-0.39, 0.29) is 0 Å². The molecule has 1 fully saturated rings. The van der Waals surface area contributed by atoms with Gasteiger partial charge in [0.25, 0.3) is 0 Å². The molecule has 0 aromatic carbocycles. The van der Waals surface area contributed by atoms with E-state index in [9.17, 15) is 0 Å². The first-order valence-electron chi connectivity index (χ1n) is 5.03. The number of likely N-dealkylation sites (tertiary alicyclic amines) is 1. The van der Waals surface area contributed by atoms with Gasteiger partial charge in [-0.1, -0.05) is 0 Å². The Bertz CT molecular complexity index is 183. The summed E-state index contributed by atoms with van der Waals surface area (Å²) in [7, 11) is 2.22. The van der Waals surface area contributed by atoms with Crippen molar-refractivity contribution in [1.82, 2.24) is 4.90 Å². The van der Waals surface area contributed by atoms with Crippen molar-refractivity contribution in [3.63, 3.8) is 0 Å². The molecule has 0 unspecified atom stereocenters. The Morgan fingerprint density at radius 3 is 2.64 bits per heavy atom. The second kappa shape index (κ2) is 5.63. The van der Waals surface area contributed by atoms with Crippen LogP contribution in [0, 0.1) is 5.92 Å². The van der Waals surface area contributed by atoms with Crippen LogP contribution in [0.1, 0.15) is 26.7 Å². The van der Waals surface area contributed by atoms with E-state index >= 15 is 0 Å². The van der Waals surface area contributed by atoms with Crippen molar-refractivity contribution in [1.29, 1.82) is 0 Å². The number of ether oxygens (including phenoxy) is 1. The molecule has 0 spiro atoms. The average molecular weight is 423 g/mol. The summed E-state index contributed by atoms with van der Waals surface area (Å²) in [6.07, 6.45) is 2.59. The Morgan fingerprint density at radius 2 is 2.14 bits per heavy atom. The minimum Gasteiger partial charge on any atom is -0.358 e. The molecule has 1 aliphatic heterocycles. The number of alkyl halides is 2. The topological polar surface area (TPSA) is 12.5 Å². The third-order valence-electron chi connectivity index (χ3n) is 3.19. The highest BCUT2D eigenvalue weighted by Gasteiger charge is 2.31. The lowest BCUT2D eigenvalue weighted by molar-refractivity contribution is 0.0314. The smallest absolute Gasteiger partial charge is 0.159 e. The van der Waals surface area contributed by atoms with Crippen molar-refractivity contribution in [2.75, 3.05) is 20.2 Å². The van der Waals surface area contributed by atoms with Gasteiger partial charge in [-0.05, 0) is 84.8 Å². The van der Waals surface area contributed by atoms with Gasteiger partial charge in [-0.2, -0.15) is 0 Å². The lowest BCUT2D eigenvalue weighted by atomic mass is 9.86. The van der Waals surface area contributed by atoms with E-state index in [1.165, 1.54) is 19.4 Å². The molecule has 4 heteroatoms. The van der Waals surface area contributed by atoms with E-state index in [4.69, 9.17) is 4.74 Å². The predicted octanol–water partition coefficient (Wildman–Crippen LogP) is 3.28. The SMILES string of the molecule is CN1C[C@H](COC(I)I)CCC1(C)C. The standard InChI is InChI=1S/C10H19I2NO/c1-10(2)5-4-8(6-13(10)3)7-14-9(11)12/h8-9H,4-7H2,1-3H3/t8-/m1/s1. The first-order valence-corrected chi connectivity index (χ1v) is 7.52. The normalized spacial score (nSPS) is 28.3. The van der Waals surface area contributed by atoms with Gasteiger partial charge in [-0.3, -0.25) is 0 Å². The molecule has 14 heavy (non-hydrogen) atoms. The van der Waals surface area contributed by atoms with Crippen LogP contribution in [0.25, 0.3) is 0 Å². The number of hydrogen-bond donors (Lipinski definition) is 0. The third kappa shape index (κ3) is 4.09. The van der Waals surface area contributed by atoms with Gasteiger partial charge < -0.3 is 9.64 Å². The highest BCUT2D eigenvalue weighted by atomic mass is 127. The Balaban J connectivity index is 2.32. The van der Waals surface area contributed by atoms with Crippen LogP contribution < -0.4 is 0 Å². The van der Waals surface area contributed by atoms with Crippen molar-refractivity contribution in [2.24, 2.45) is 5.92 Å². The van der Waals surface area contributed by atoms with Gasteiger partial charge in [0.15, 0.2) is 2.12 Å². The van der Waals surface area contributed by atoms with Crippen molar-refractivity contribution >= 4 is 45.2 Å². The van der Waals surface area contributed by atoms with E-state index in [1.807, 2.05) is 0 Å². The number of piperidine rings is 1. The minimum absolute atomic E-state index is 0.311. The van der Waals surface area contributed by atoms with E-state index in [1.54, 1.807) is 0 Å². The number of hydrogen-bond acceptors (Lipinski definition) is 2. The monoisotopic (exact) mass is 423 g/mol. The Labute approximate surface area is 114 Å². The fraction of sp³-hybridized carbons (Fsp3) is 1.00. The summed E-state index contributed by atoms with van der Waals surface area (Å²) in [5, 5.41) is 0. The lowest BCUT2D eigenvalue weighted by Crippen LogP contribution is -2.48. The molecular formula is C10H19I2NO. The van der Waals surface area contributed by atoms with Crippen molar-refractivity contribution in [2.45, 2.75) is 34.3 Å². The molecular weight excluding hydrogens is 404 g/mol. The van der Waals surface area contributed by atoms with Crippen LogP contribution in [-0.4, -0.2) is 32.8 Å². The maximum absolute atomic E-state index is 5.64. The third-order valence-corrected chi connectivity index (χ3v) is 3.91. The molecule has 0 N–H and O–H groups in total. The predicted molar refractivity (Wildman–Crippen MR) is 77.2 cm³/mol. The molecule has 1 atom stereocenters. The van der Waals surface area contributed by atoms with Gasteiger partial charge in [0.1, 0.15) is 0 Å². The maximum atomic E-state index is 5.64. The van der Waals surface area contributed by atoms with Crippen LogP contribution in [0.5, 0.6) is 0 Å². The molecule has 0 radical (unpaired) electrons. The molecule has 1 rings (SSSR count). The van der Waals surface area contributed by atoms with Gasteiger partial charge in [0.05, 0.1) is 6.61 Å². The molecule has 0 saturated carbocycles. The van der Waals surface area contributed by atoms with E-state index in [0.29, 0.717) is 7.66 Å². The summed E-state index contributed by atoms with van der Waals surface area (Å²) in [5.74, 6) is 0.722. The van der Waals surface area contributed by atoms with Gasteiger partial charge in [-0.15, -0.1) is 0 Å². The lowest BCUT2D eigenvalue weighted by Gasteiger charge is -2.43. The molecule has 84 valence electrons. The zero-order chi connectivity index (χ0) is 10.8. The second-order valence-electron chi connectivity index (χ2n) is 4.69. The van der Waals surface area contributed by atoms with Crippen LogP contribution in [-0.2, 0) is 4.74 Å². The Morgan fingerprint density at radius 1 is 1.50 bits per heavy atom. The molecule has 0 aliphatic carbocycles. The number of rotatable bonds is 3. The van der Waals surface area contributed by atoms with Crippen molar-refractivity contribution < 1.29 is 4.74 Å². The molecule has 0 bridgehead atoms. The van der Waals surface area contributed by atoms with Gasteiger partial charge in [0.2, 0.25) is 0 Å². The van der Waals surface area contributed by atoms with Crippen LogP contribution in [0.2, 0.25) is 0 Å².